The van der Waals surface area contributed by atoms with Crippen LogP contribution in [0.2, 0.25) is 0 Å². The second-order valence-corrected chi connectivity index (χ2v) is 5.11. The highest BCUT2D eigenvalue weighted by Crippen LogP contribution is 2.14. The van der Waals surface area contributed by atoms with Crippen LogP contribution < -0.4 is 9.44 Å². The van der Waals surface area contributed by atoms with Crippen molar-refractivity contribution >= 4 is 21.5 Å². The molecule has 0 saturated heterocycles. The van der Waals surface area contributed by atoms with Crippen molar-refractivity contribution in [3.8, 4) is 0 Å². The zero-order valence-corrected chi connectivity index (χ0v) is 9.23. The van der Waals surface area contributed by atoms with Gasteiger partial charge in [0, 0.05) is 13.6 Å². The van der Waals surface area contributed by atoms with Crippen LogP contribution in [0.5, 0.6) is 0 Å². The lowest BCUT2D eigenvalue weighted by molar-refractivity contribution is 0.182. The summed E-state index contributed by atoms with van der Waals surface area (Å²) in [5.74, 6) is 0. The maximum atomic E-state index is 10.9. The van der Waals surface area contributed by atoms with Gasteiger partial charge < -0.3 is 5.11 Å². The highest BCUT2D eigenvalue weighted by Gasteiger charge is 2.11. The minimum absolute atomic E-state index is 0.0279. The molecule has 1 atom stereocenters. The zero-order valence-electron chi connectivity index (χ0n) is 7.60. The summed E-state index contributed by atoms with van der Waals surface area (Å²) in [4.78, 5) is 0. The molecule has 0 fully saturated rings. The van der Waals surface area contributed by atoms with Crippen LogP contribution in [0.25, 0.3) is 0 Å². The van der Waals surface area contributed by atoms with E-state index in [1.54, 1.807) is 11.4 Å². The number of aliphatic hydroxyl groups is 1. The first-order valence-corrected chi connectivity index (χ1v) is 6.36. The number of thiophene rings is 1. The Hall–Kier alpha value is -0.470. The summed E-state index contributed by atoms with van der Waals surface area (Å²) in [5, 5.41) is 13.1. The first kappa shape index (κ1) is 11.6. The molecule has 0 bridgehead atoms. The molecule has 1 aromatic heterocycles. The molecule has 0 aliphatic heterocycles. The Kier molecular flexibility index (Phi) is 4.02. The lowest BCUT2D eigenvalue weighted by Crippen LogP contribution is -2.36. The molecule has 0 aliphatic rings. The number of aliphatic hydroxyl groups excluding tert-OH is 1. The van der Waals surface area contributed by atoms with Crippen LogP contribution in [0.3, 0.4) is 0 Å². The molecule has 1 rings (SSSR count). The predicted octanol–water partition coefficient (Wildman–Crippen LogP) is -0.165. The smallest absolute Gasteiger partial charge is 0.276 e. The third kappa shape index (κ3) is 3.35. The van der Waals surface area contributed by atoms with E-state index >= 15 is 0 Å². The molecule has 1 unspecified atom stereocenters. The average Bonchev–Trinajstić information content (AvgIpc) is 2.67. The summed E-state index contributed by atoms with van der Waals surface area (Å²) in [6, 6.07) is 1.75. The van der Waals surface area contributed by atoms with Gasteiger partial charge in [0.2, 0.25) is 0 Å². The molecule has 1 heterocycles. The van der Waals surface area contributed by atoms with Crippen molar-refractivity contribution in [2.45, 2.75) is 6.10 Å². The SMILES string of the molecule is CNS(=O)(=O)NCC(O)c1ccsc1. The molecule has 0 radical (unpaired) electrons. The number of hydrogen-bond acceptors (Lipinski definition) is 4. The van der Waals surface area contributed by atoms with E-state index in [9.17, 15) is 13.5 Å². The zero-order chi connectivity index (χ0) is 10.6. The molecule has 0 spiro atoms. The molecule has 0 aromatic carbocycles. The molecule has 0 aliphatic carbocycles. The Morgan fingerprint density at radius 2 is 2.36 bits per heavy atom. The summed E-state index contributed by atoms with van der Waals surface area (Å²) in [7, 11) is -2.16. The van der Waals surface area contributed by atoms with E-state index in [2.05, 4.69) is 9.44 Å². The Labute approximate surface area is 87.0 Å². The van der Waals surface area contributed by atoms with Crippen molar-refractivity contribution in [2.75, 3.05) is 13.6 Å². The van der Waals surface area contributed by atoms with Gasteiger partial charge in [-0.25, -0.2) is 4.72 Å². The van der Waals surface area contributed by atoms with E-state index in [-0.39, 0.29) is 6.54 Å². The van der Waals surface area contributed by atoms with Gasteiger partial charge in [-0.3, -0.25) is 0 Å². The Balaban J connectivity index is 2.47. The summed E-state index contributed by atoms with van der Waals surface area (Å²) in [5.41, 5.74) is 0.716. The van der Waals surface area contributed by atoms with Gasteiger partial charge in [-0.05, 0) is 22.4 Å². The van der Waals surface area contributed by atoms with Crippen LogP contribution in [0.15, 0.2) is 16.8 Å². The summed E-state index contributed by atoms with van der Waals surface area (Å²) >= 11 is 1.45. The van der Waals surface area contributed by atoms with E-state index in [1.165, 1.54) is 18.4 Å². The van der Waals surface area contributed by atoms with Crippen molar-refractivity contribution < 1.29 is 13.5 Å². The molecular formula is C7H12N2O3S2. The number of hydrogen-bond donors (Lipinski definition) is 3. The normalized spacial score (nSPS) is 14.1. The Morgan fingerprint density at radius 1 is 1.64 bits per heavy atom. The lowest BCUT2D eigenvalue weighted by atomic mass is 10.2. The molecule has 0 saturated carbocycles. The summed E-state index contributed by atoms with van der Waals surface area (Å²) in [6.45, 7) is -0.0279. The maximum absolute atomic E-state index is 10.9. The van der Waals surface area contributed by atoms with Gasteiger partial charge in [-0.15, -0.1) is 0 Å². The third-order valence-corrected chi connectivity index (χ3v) is 3.45. The van der Waals surface area contributed by atoms with Gasteiger partial charge in [0.25, 0.3) is 10.2 Å². The molecule has 1 aromatic rings. The van der Waals surface area contributed by atoms with Crippen molar-refractivity contribution in [3.63, 3.8) is 0 Å². The lowest BCUT2D eigenvalue weighted by Gasteiger charge is -2.09. The van der Waals surface area contributed by atoms with Crippen LogP contribution in [0.1, 0.15) is 11.7 Å². The largest absolute Gasteiger partial charge is 0.387 e. The second-order valence-electron chi connectivity index (χ2n) is 2.63. The standard InChI is InChI=1S/C7H12N2O3S2/c1-8-14(11,12)9-4-7(10)6-2-3-13-5-6/h2-3,5,7-10H,4H2,1H3. The highest BCUT2D eigenvalue weighted by molar-refractivity contribution is 7.87. The number of nitrogens with one attached hydrogen (secondary N) is 2. The van der Waals surface area contributed by atoms with Crippen LogP contribution in [0.4, 0.5) is 0 Å². The number of rotatable bonds is 5. The Morgan fingerprint density at radius 3 is 2.86 bits per heavy atom. The van der Waals surface area contributed by atoms with Crippen LogP contribution >= 0.6 is 11.3 Å². The first-order valence-electron chi connectivity index (χ1n) is 3.93. The molecule has 3 N–H and O–H groups in total. The molecular weight excluding hydrogens is 224 g/mol. The van der Waals surface area contributed by atoms with E-state index < -0.39 is 16.3 Å². The van der Waals surface area contributed by atoms with E-state index in [0.29, 0.717) is 5.56 Å². The average molecular weight is 236 g/mol. The molecule has 0 amide bonds. The molecule has 14 heavy (non-hydrogen) atoms. The van der Waals surface area contributed by atoms with Crippen molar-refractivity contribution in [3.05, 3.63) is 22.4 Å². The van der Waals surface area contributed by atoms with E-state index in [4.69, 9.17) is 0 Å². The summed E-state index contributed by atoms with van der Waals surface area (Å²) < 4.78 is 26.2. The van der Waals surface area contributed by atoms with Crippen molar-refractivity contribution in [1.29, 1.82) is 0 Å². The maximum Gasteiger partial charge on any atom is 0.276 e. The Bertz CT molecular complexity index is 360. The van der Waals surface area contributed by atoms with Crippen LogP contribution in [0, 0.1) is 0 Å². The van der Waals surface area contributed by atoms with Gasteiger partial charge in [0.1, 0.15) is 0 Å². The fraction of sp³-hybridized carbons (Fsp3) is 0.429. The topological polar surface area (TPSA) is 78.4 Å². The van der Waals surface area contributed by atoms with Gasteiger partial charge >= 0.3 is 0 Å². The van der Waals surface area contributed by atoms with Crippen LogP contribution in [-0.4, -0.2) is 27.1 Å². The first-order chi connectivity index (χ1) is 6.55. The predicted molar refractivity (Wildman–Crippen MR) is 55.3 cm³/mol. The van der Waals surface area contributed by atoms with Crippen molar-refractivity contribution in [1.82, 2.24) is 9.44 Å². The van der Waals surface area contributed by atoms with E-state index in [0.717, 1.165) is 0 Å². The minimum atomic E-state index is -3.46. The second kappa shape index (κ2) is 4.85. The van der Waals surface area contributed by atoms with E-state index in [1.807, 2.05) is 5.38 Å². The summed E-state index contributed by atoms with van der Waals surface area (Å²) in [6.07, 6.45) is -0.802. The highest BCUT2D eigenvalue weighted by atomic mass is 32.2. The van der Waals surface area contributed by atoms with Gasteiger partial charge in [0.05, 0.1) is 6.10 Å². The molecule has 80 valence electrons. The van der Waals surface area contributed by atoms with Gasteiger partial charge in [-0.2, -0.15) is 24.5 Å². The molecule has 7 heteroatoms. The quantitative estimate of drug-likeness (QED) is 0.664. The molecule has 5 nitrogen and oxygen atoms in total. The van der Waals surface area contributed by atoms with Crippen molar-refractivity contribution in [2.24, 2.45) is 0 Å². The van der Waals surface area contributed by atoms with Gasteiger partial charge in [0.15, 0.2) is 0 Å². The third-order valence-electron chi connectivity index (χ3n) is 1.66. The monoisotopic (exact) mass is 236 g/mol. The minimum Gasteiger partial charge on any atom is -0.387 e. The van der Waals surface area contributed by atoms with Gasteiger partial charge in [-0.1, -0.05) is 0 Å². The van der Waals surface area contributed by atoms with Crippen LogP contribution in [-0.2, 0) is 10.2 Å². The fourth-order valence-electron chi connectivity index (χ4n) is 0.843. The fourth-order valence-corrected chi connectivity index (χ4v) is 2.07.